The van der Waals surface area contributed by atoms with E-state index in [1.165, 1.54) is 0 Å². The van der Waals surface area contributed by atoms with Gasteiger partial charge in [0.05, 0.1) is 19.3 Å². The monoisotopic (exact) mass is 157 g/mol. The fourth-order valence-electron chi connectivity index (χ4n) is 1.16. The Balaban J connectivity index is 1.83. The maximum atomic E-state index is 11.1. The molecule has 1 amide bonds. The van der Waals surface area contributed by atoms with E-state index in [1.807, 2.05) is 0 Å². The van der Waals surface area contributed by atoms with Gasteiger partial charge in [-0.15, -0.1) is 0 Å². The molecule has 0 radical (unpaired) electrons. The van der Waals surface area contributed by atoms with Crippen LogP contribution in [-0.4, -0.2) is 49.8 Å². The van der Waals surface area contributed by atoms with Crippen molar-refractivity contribution < 1.29 is 14.3 Å². The summed E-state index contributed by atoms with van der Waals surface area (Å²) >= 11 is 0. The van der Waals surface area contributed by atoms with Crippen LogP contribution < -0.4 is 0 Å². The molecule has 0 aromatic heterocycles. The maximum absolute atomic E-state index is 11.1. The number of epoxide rings is 1. The summed E-state index contributed by atoms with van der Waals surface area (Å²) in [4.78, 5) is 12.9. The van der Waals surface area contributed by atoms with Crippen LogP contribution in [-0.2, 0) is 14.3 Å². The first-order valence-electron chi connectivity index (χ1n) is 3.83. The third-order valence-corrected chi connectivity index (χ3v) is 1.91. The van der Waals surface area contributed by atoms with Crippen LogP contribution in [0.3, 0.4) is 0 Å². The normalized spacial score (nSPS) is 30.7. The molecule has 0 aromatic carbocycles. The van der Waals surface area contributed by atoms with Crippen molar-refractivity contribution in [3.63, 3.8) is 0 Å². The minimum atomic E-state index is 0.0896. The highest BCUT2D eigenvalue weighted by Crippen LogP contribution is 2.12. The lowest BCUT2D eigenvalue weighted by atomic mass is 10.3. The van der Waals surface area contributed by atoms with Crippen LogP contribution in [0.25, 0.3) is 0 Å². The summed E-state index contributed by atoms with van der Waals surface area (Å²) in [6.07, 6.45) is 0.303. The van der Waals surface area contributed by atoms with Gasteiger partial charge in [0.2, 0.25) is 5.91 Å². The molecule has 11 heavy (non-hydrogen) atoms. The predicted molar refractivity (Wildman–Crippen MR) is 37.1 cm³/mol. The molecule has 0 N–H and O–H groups in total. The highest BCUT2D eigenvalue weighted by Gasteiger charge is 2.29. The Morgan fingerprint density at radius 2 is 2.45 bits per heavy atom. The maximum Gasteiger partial charge on any atom is 0.248 e. The number of hydrogen-bond acceptors (Lipinski definition) is 3. The largest absolute Gasteiger partial charge is 0.371 e. The lowest BCUT2D eigenvalue weighted by Gasteiger charge is -2.25. The Morgan fingerprint density at radius 1 is 1.64 bits per heavy atom. The Bertz CT molecular complexity index is 167. The third-order valence-electron chi connectivity index (χ3n) is 1.91. The number of amides is 1. The van der Waals surface area contributed by atoms with Gasteiger partial charge in [-0.05, 0) is 0 Å². The summed E-state index contributed by atoms with van der Waals surface area (Å²) in [7, 11) is 0. The van der Waals surface area contributed by atoms with E-state index in [0.717, 1.165) is 19.7 Å². The molecule has 2 heterocycles. The molecule has 0 aliphatic carbocycles. The van der Waals surface area contributed by atoms with Gasteiger partial charge >= 0.3 is 0 Å². The molecule has 2 saturated heterocycles. The van der Waals surface area contributed by atoms with Crippen molar-refractivity contribution in [3.8, 4) is 0 Å². The van der Waals surface area contributed by atoms with Gasteiger partial charge in [0.25, 0.3) is 0 Å². The number of nitrogens with zero attached hydrogens (tertiary/aromatic N) is 1. The molecule has 0 spiro atoms. The van der Waals surface area contributed by atoms with Crippen LogP contribution in [0.15, 0.2) is 0 Å². The number of carbonyl (C=O) groups excluding carboxylic acids is 1. The summed E-state index contributed by atoms with van der Waals surface area (Å²) in [6.45, 7) is 3.19. The SMILES string of the molecule is O=C1COCCN1C[C@H]1CO1. The smallest absolute Gasteiger partial charge is 0.248 e. The summed E-state index contributed by atoms with van der Waals surface area (Å²) in [5.41, 5.74) is 0. The molecule has 0 unspecified atom stereocenters. The van der Waals surface area contributed by atoms with Crippen molar-refractivity contribution in [1.82, 2.24) is 4.90 Å². The zero-order chi connectivity index (χ0) is 7.68. The van der Waals surface area contributed by atoms with E-state index >= 15 is 0 Å². The molecular formula is C7H11NO3. The van der Waals surface area contributed by atoms with Crippen molar-refractivity contribution >= 4 is 5.91 Å². The van der Waals surface area contributed by atoms with E-state index in [1.54, 1.807) is 4.90 Å². The molecular weight excluding hydrogens is 146 g/mol. The first-order valence-corrected chi connectivity index (χ1v) is 3.83. The number of rotatable bonds is 2. The Hall–Kier alpha value is -0.610. The number of ether oxygens (including phenoxy) is 2. The van der Waals surface area contributed by atoms with Gasteiger partial charge in [-0.1, -0.05) is 0 Å². The van der Waals surface area contributed by atoms with Crippen molar-refractivity contribution in [1.29, 1.82) is 0 Å². The van der Waals surface area contributed by atoms with Crippen molar-refractivity contribution in [2.24, 2.45) is 0 Å². The van der Waals surface area contributed by atoms with Crippen molar-refractivity contribution in [2.75, 3.05) is 32.9 Å². The Morgan fingerprint density at radius 3 is 3.09 bits per heavy atom. The molecule has 2 fully saturated rings. The van der Waals surface area contributed by atoms with Crippen LogP contribution in [0.2, 0.25) is 0 Å². The van der Waals surface area contributed by atoms with Crippen molar-refractivity contribution in [2.45, 2.75) is 6.10 Å². The average Bonchev–Trinajstić information content (AvgIpc) is 2.78. The van der Waals surface area contributed by atoms with E-state index in [4.69, 9.17) is 9.47 Å². The second kappa shape index (κ2) is 2.79. The lowest BCUT2D eigenvalue weighted by molar-refractivity contribution is -0.142. The molecule has 4 heteroatoms. The summed E-state index contributed by atoms with van der Waals surface area (Å²) < 4.78 is 10.0. The van der Waals surface area contributed by atoms with Gasteiger partial charge in [-0.2, -0.15) is 0 Å². The zero-order valence-corrected chi connectivity index (χ0v) is 6.28. The van der Waals surface area contributed by atoms with Gasteiger partial charge in [0.15, 0.2) is 0 Å². The van der Waals surface area contributed by atoms with Crippen LogP contribution >= 0.6 is 0 Å². The number of hydrogen-bond donors (Lipinski definition) is 0. The molecule has 0 bridgehead atoms. The highest BCUT2D eigenvalue weighted by atomic mass is 16.6. The van der Waals surface area contributed by atoms with Gasteiger partial charge in [-0.25, -0.2) is 0 Å². The lowest BCUT2D eigenvalue weighted by Crippen LogP contribution is -2.43. The van der Waals surface area contributed by atoms with E-state index in [-0.39, 0.29) is 12.5 Å². The van der Waals surface area contributed by atoms with E-state index in [2.05, 4.69) is 0 Å². The molecule has 2 rings (SSSR count). The minimum absolute atomic E-state index is 0.0896. The molecule has 1 atom stereocenters. The van der Waals surface area contributed by atoms with Gasteiger partial charge in [0.1, 0.15) is 6.61 Å². The Labute approximate surface area is 65.1 Å². The van der Waals surface area contributed by atoms with Crippen LogP contribution in [0.5, 0.6) is 0 Å². The standard InChI is InChI=1S/C7H11NO3/c9-7-5-10-2-1-8(7)3-6-4-11-6/h6H,1-5H2/t6-/m0/s1. The first kappa shape index (κ1) is 7.06. The third kappa shape index (κ3) is 1.70. The summed E-state index contributed by atoms with van der Waals surface area (Å²) in [6, 6.07) is 0. The quantitative estimate of drug-likeness (QED) is 0.495. The second-order valence-corrected chi connectivity index (χ2v) is 2.85. The van der Waals surface area contributed by atoms with Crippen LogP contribution in [0.4, 0.5) is 0 Å². The summed E-state index contributed by atoms with van der Waals surface area (Å²) in [5.74, 6) is 0.0896. The fourth-order valence-corrected chi connectivity index (χ4v) is 1.16. The zero-order valence-electron chi connectivity index (χ0n) is 6.28. The average molecular weight is 157 g/mol. The minimum Gasteiger partial charge on any atom is -0.371 e. The molecule has 4 nitrogen and oxygen atoms in total. The van der Waals surface area contributed by atoms with E-state index in [9.17, 15) is 4.79 Å². The van der Waals surface area contributed by atoms with E-state index < -0.39 is 0 Å². The fraction of sp³-hybridized carbons (Fsp3) is 0.857. The second-order valence-electron chi connectivity index (χ2n) is 2.85. The van der Waals surface area contributed by atoms with Gasteiger partial charge in [0, 0.05) is 13.1 Å². The van der Waals surface area contributed by atoms with Crippen LogP contribution in [0, 0.1) is 0 Å². The summed E-state index contributed by atoms with van der Waals surface area (Å²) in [5, 5.41) is 0. The topological polar surface area (TPSA) is 42.1 Å². The van der Waals surface area contributed by atoms with Crippen LogP contribution in [0.1, 0.15) is 0 Å². The number of morpholine rings is 1. The van der Waals surface area contributed by atoms with Gasteiger partial charge < -0.3 is 14.4 Å². The molecule has 62 valence electrons. The van der Waals surface area contributed by atoms with Crippen molar-refractivity contribution in [3.05, 3.63) is 0 Å². The van der Waals surface area contributed by atoms with Gasteiger partial charge in [-0.3, -0.25) is 4.79 Å². The molecule has 2 aliphatic heterocycles. The Kier molecular flexibility index (Phi) is 1.79. The molecule has 0 saturated carbocycles. The predicted octanol–water partition coefficient (Wildman–Crippen LogP) is -0.756. The first-order chi connectivity index (χ1) is 5.36. The van der Waals surface area contributed by atoms with E-state index in [0.29, 0.717) is 12.7 Å². The highest BCUT2D eigenvalue weighted by molar-refractivity contribution is 5.78. The molecule has 2 aliphatic rings. The number of carbonyl (C=O) groups is 1. The molecule has 0 aromatic rings.